The number of rotatable bonds is 6. The van der Waals surface area contributed by atoms with Gasteiger partial charge in [-0.1, -0.05) is 18.2 Å². The van der Waals surface area contributed by atoms with E-state index in [1.165, 1.54) is 15.7 Å². The van der Waals surface area contributed by atoms with Crippen LogP contribution in [0.5, 0.6) is 0 Å². The van der Waals surface area contributed by atoms with Gasteiger partial charge in [0.25, 0.3) is 5.56 Å². The van der Waals surface area contributed by atoms with E-state index in [9.17, 15) is 14.4 Å². The molecule has 4 aromatic rings. The highest BCUT2D eigenvalue weighted by molar-refractivity contribution is 7.15. The molecule has 1 amide bonds. The molecule has 37 heavy (non-hydrogen) atoms. The maximum absolute atomic E-state index is 13.8. The Morgan fingerprint density at radius 2 is 1.97 bits per heavy atom. The highest BCUT2D eigenvalue weighted by Crippen LogP contribution is 2.24. The fourth-order valence-electron chi connectivity index (χ4n) is 4.87. The molecular weight excluding hydrogens is 490 g/mol. The summed E-state index contributed by atoms with van der Waals surface area (Å²) >= 11 is 1.33. The number of benzene rings is 1. The summed E-state index contributed by atoms with van der Waals surface area (Å²) in [6.07, 6.45) is 1.51. The number of carbonyl (C=O) groups is 2. The number of fused-ring (bicyclic) bond motifs is 1. The van der Waals surface area contributed by atoms with Crippen LogP contribution < -0.4 is 5.56 Å². The van der Waals surface area contributed by atoms with E-state index in [4.69, 9.17) is 9.84 Å². The maximum atomic E-state index is 13.8. The Balaban J connectivity index is 1.45. The first-order valence-electron chi connectivity index (χ1n) is 12.4. The van der Waals surface area contributed by atoms with Crippen molar-refractivity contribution in [2.24, 2.45) is 5.92 Å². The zero-order chi connectivity index (χ0) is 26.1. The Hall–Kier alpha value is -3.79. The lowest BCUT2D eigenvalue weighted by molar-refractivity contribution is -0.151. The summed E-state index contributed by atoms with van der Waals surface area (Å²) in [5.74, 6) is -0.683. The summed E-state index contributed by atoms with van der Waals surface area (Å²) in [5.41, 5.74) is 3.70. The summed E-state index contributed by atoms with van der Waals surface area (Å²) < 4.78 is 8.48. The molecule has 0 bridgehead atoms. The number of hydrogen-bond acceptors (Lipinski definition) is 7. The molecule has 1 saturated heterocycles. The molecule has 0 N–H and O–H groups in total. The molecule has 9 nitrogen and oxygen atoms in total. The van der Waals surface area contributed by atoms with Crippen molar-refractivity contribution in [3.05, 3.63) is 69.2 Å². The van der Waals surface area contributed by atoms with Crippen LogP contribution in [0.4, 0.5) is 0 Å². The minimum Gasteiger partial charge on any atom is -0.466 e. The number of para-hydroxylation sites is 1. The SMILES string of the molecule is CCOC(=O)[C@H]1CCCN(C(=O)Cc2csc3nc(C)c(-c4cc(C)n(-c5ccccc5)n4)c(=O)n23)C1. The van der Waals surface area contributed by atoms with E-state index in [2.05, 4.69) is 4.98 Å². The van der Waals surface area contributed by atoms with Crippen molar-refractivity contribution in [3.8, 4) is 16.9 Å². The van der Waals surface area contributed by atoms with E-state index < -0.39 is 0 Å². The van der Waals surface area contributed by atoms with E-state index in [0.29, 0.717) is 53.7 Å². The number of nitrogens with zero attached hydrogens (tertiary/aromatic N) is 5. The molecule has 1 aliphatic rings. The summed E-state index contributed by atoms with van der Waals surface area (Å²) in [7, 11) is 0. The van der Waals surface area contributed by atoms with Gasteiger partial charge in [-0.25, -0.2) is 9.67 Å². The standard InChI is InChI=1S/C27H29N5O4S/c1-4-36-26(35)19-9-8-12-30(15-19)23(33)14-21-16-37-27-28-18(3)24(25(34)31(21)27)22-13-17(2)32(29-22)20-10-6-5-7-11-20/h5-7,10-11,13,16,19H,4,8-9,12,14-15H2,1-3H3/t19-/m0/s1. The van der Waals surface area contributed by atoms with E-state index in [-0.39, 0.29) is 29.8 Å². The smallest absolute Gasteiger partial charge is 0.310 e. The fourth-order valence-corrected chi connectivity index (χ4v) is 5.80. The summed E-state index contributed by atoms with van der Waals surface area (Å²) in [5, 5.41) is 6.53. The first-order chi connectivity index (χ1) is 17.9. The van der Waals surface area contributed by atoms with E-state index in [0.717, 1.165) is 17.8 Å². The van der Waals surface area contributed by atoms with Gasteiger partial charge in [0.05, 0.1) is 35.9 Å². The number of carbonyl (C=O) groups excluding carboxylic acids is 2. The lowest BCUT2D eigenvalue weighted by Gasteiger charge is -2.31. The van der Waals surface area contributed by atoms with Gasteiger partial charge in [-0.05, 0) is 51.8 Å². The van der Waals surface area contributed by atoms with Gasteiger partial charge in [-0.2, -0.15) is 5.10 Å². The van der Waals surface area contributed by atoms with Crippen LogP contribution in [0.15, 0.2) is 46.6 Å². The number of aryl methyl sites for hydroxylation is 2. The largest absolute Gasteiger partial charge is 0.466 e. The van der Waals surface area contributed by atoms with Crippen LogP contribution in [0.25, 0.3) is 21.9 Å². The van der Waals surface area contributed by atoms with Gasteiger partial charge in [0.1, 0.15) is 5.69 Å². The molecular formula is C27H29N5O4S. The lowest BCUT2D eigenvalue weighted by atomic mass is 9.98. The molecule has 0 unspecified atom stereocenters. The predicted molar refractivity (Wildman–Crippen MR) is 141 cm³/mol. The normalized spacial score (nSPS) is 15.8. The summed E-state index contributed by atoms with van der Waals surface area (Å²) in [4.78, 5) is 46.1. The zero-order valence-corrected chi connectivity index (χ0v) is 22.0. The Bertz CT molecular complexity index is 1520. The number of esters is 1. The van der Waals surface area contributed by atoms with E-state index in [1.807, 2.05) is 48.7 Å². The highest BCUT2D eigenvalue weighted by atomic mass is 32.1. The molecule has 1 aliphatic heterocycles. The molecule has 4 heterocycles. The van der Waals surface area contributed by atoms with Crippen molar-refractivity contribution in [3.63, 3.8) is 0 Å². The molecule has 1 fully saturated rings. The second-order valence-electron chi connectivity index (χ2n) is 9.25. The third-order valence-corrected chi connectivity index (χ3v) is 7.57. The molecule has 0 radical (unpaired) electrons. The lowest BCUT2D eigenvalue weighted by Crippen LogP contribution is -2.43. The molecule has 0 spiro atoms. The van der Waals surface area contributed by atoms with Gasteiger partial charge >= 0.3 is 5.97 Å². The van der Waals surface area contributed by atoms with Crippen LogP contribution in [0, 0.1) is 19.8 Å². The van der Waals surface area contributed by atoms with Gasteiger partial charge in [0.15, 0.2) is 4.96 Å². The van der Waals surface area contributed by atoms with Crippen molar-refractivity contribution in [1.82, 2.24) is 24.1 Å². The third kappa shape index (κ3) is 4.81. The van der Waals surface area contributed by atoms with Crippen molar-refractivity contribution < 1.29 is 14.3 Å². The van der Waals surface area contributed by atoms with Crippen LogP contribution in [-0.2, 0) is 20.7 Å². The summed E-state index contributed by atoms with van der Waals surface area (Å²) in [6.45, 7) is 6.78. The van der Waals surface area contributed by atoms with Gasteiger partial charge in [-0.3, -0.25) is 18.8 Å². The Labute approximate surface area is 218 Å². The number of likely N-dealkylation sites (tertiary alicyclic amines) is 1. The second kappa shape index (κ2) is 10.3. The second-order valence-corrected chi connectivity index (χ2v) is 10.1. The molecule has 3 aromatic heterocycles. The monoisotopic (exact) mass is 519 g/mol. The number of piperidine rings is 1. The number of ether oxygens (including phenoxy) is 1. The van der Waals surface area contributed by atoms with Crippen molar-refractivity contribution in [1.29, 1.82) is 0 Å². The predicted octanol–water partition coefficient (Wildman–Crippen LogP) is 3.57. The fraction of sp³-hybridized carbons (Fsp3) is 0.370. The van der Waals surface area contributed by atoms with Crippen LogP contribution in [-0.4, -0.2) is 55.6 Å². The quantitative estimate of drug-likeness (QED) is 0.361. The molecule has 1 atom stereocenters. The van der Waals surface area contributed by atoms with Crippen LogP contribution in [0.1, 0.15) is 36.8 Å². The molecule has 0 saturated carbocycles. The van der Waals surface area contributed by atoms with E-state index in [1.54, 1.807) is 23.4 Å². The highest BCUT2D eigenvalue weighted by Gasteiger charge is 2.30. The van der Waals surface area contributed by atoms with Gasteiger partial charge < -0.3 is 9.64 Å². The van der Waals surface area contributed by atoms with Crippen molar-refractivity contribution in [2.45, 2.75) is 40.0 Å². The van der Waals surface area contributed by atoms with Gasteiger partial charge in [0.2, 0.25) is 5.91 Å². The number of thiazole rings is 1. The minimum absolute atomic E-state index is 0.0527. The first kappa shape index (κ1) is 24.9. The molecule has 10 heteroatoms. The number of aromatic nitrogens is 4. The maximum Gasteiger partial charge on any atom is 0.310 e. The zero-order valence-electron chi connectivity index (χ0n) is 21.1. The average molecular weight is 520 g/mol. The van der Waals surface area contributed by atoms with E-state index >= 15 is 0 Å². The minimum atomic E-state index is -0.307. The molecule has 5 rings (SSSR count). The van der Waals surface area contributed by atoms with Gasteiger partial charge in [0, 0.05) is 29.9 Å². The van der Waals surface area contributed by atoms with Gasteiger partial charge in [-0.15, -0.1) is 11.3 Å². The molecule has 1 aromatic carbocycles. The van der Waals surface area contributed by atoms with Crippen molar-refractivity contribution >= 4 is 28.2 Å². The first-order valence-corrected chi connectivity index (χ1v) is 13.3. The van der Waals surface area contributed by atoms with Crippen molar-refractivity contribution in [2.75, 3.05) is 19.7 Å². The third-order valence-electron chi connectivity index (χ3n) is 6.69. The van der Waals surface area contributed by atoms with Crippen LogP contribution >= 0.6 is 11.3 Å². The number of hydrogen-bond donors (Lipinski definition) is 0. The molecule has 0 aliphatic carbocycles. The average Bonchev–Trinajstić information content (AvgIpc) is 3.47. The Morgan fingerprint density at radius 1 is 1.19 bits per heavy atom. The number of amides is 1. The Kier molecular flexibility index (Phi) is 6.92. The summed E-state index contributed by atoms with van der Waals surface area (Å²) in [6, 6.07) is 11.6. The topological polar surface area (TPSA) is 98.8 Å². The van der Waals surface area contributed by atoms with Crippen LogP contribution in [0.2, 0.25) is 0 Å². The van der Waals surface area contributed by atoms with Crippen LogP contribution in [0.3, 0.4) is 0 Å². The molecule has 192 valence electrons. The Morgan fingerprint density at radius 3 is 2.73 bits per heavy atom.